The lowest BCUT2D eigenvalue weighted by Crippen LogP contribution is -2.52. The van der Waals surface area contributed by atoms with E-state index in [4.69, 9.17) is 37.4 Å². The van der Waals surface area contributed by atoms with Gasteiger partial charge in [0, 0.05) is 31.3 Å². The van der Waals surface area contributed by atoms with Gasteiger partial charge in [-0.05, 0) is 12.5 Å². The van der Waals surface area contributed by atoms with Crippen molar-refractivity contribution in [3.8, 4) is 17.2 Å². The first kappa shape index (κ1) is 25.8. The average molecular weight is 560 g/mol. The van der Waals surface area contributed by atoms with E-state index in [1.165, 1.54) is 43.3 Å². The van der Waals surface area contributed by atoms with Crippen molar-refractivity contribution in [1.82, 2.24) is 29.2 Å². The minimum Gasteiger partial charge on any atom is -0.495 e. The first-order valence-corrected chi connectivity index (χ1v) is 12.3. The van der Waals surface area contributed by atoms with E-state index in [2.05, 4.69) is 32.2 Å². The number of hydrogen-bond donors (Lipinski definition) is 2. The molecule has 38 heavy (non-hydrogen) atoms. The SMILES string of the molecule is C=CC(=O)N[C@H]1CCOC[C@H]1Nc1ncc2c(=O)n(-c3c(Cl)c(OC)cc(OC)c3Cl)c3nccn3c2n1. The molecule has 1 aromatic carbocycles. The lowest BCUT2D eigenvalue weighted by molar-refractivity contribution is -0.117. The Balaban J connectivity index is 1.64. The Labute approximate surface area is 226 Å². The van der Waals surface area contributed by atoms with Gasteiger partial charge in [0.15, 0.2) is 5.65 Å². The third kappa shape index (κ3) is 4.40. The topological polar surface area (TPSA) is 134 Å². The zero-order chi connectivity index (χ0) is 27.0. The highest BCUT2D eigenvalue weighted by Gasteiger charge is 2.28. The van der Waals surface area contributed by atoms with Crippen LogP contribution in [0.25, 0.3) is 22.5 Å². The predicted molar refractivity (Wildman–Crippen MR) is 142 cm³/mol. The highest BCUT2D eigenvalue weighted by Crippen LogP contribution is 2.42. The van der Waals surface area contributed by atoms with Crippen molar-refractivity contribution in [2.45, 2.75) is 18.5 Å². The number of carbonyl (C=O) groups excluding carboxylic acids is 1. The van der Waals surface area contributed by atoms with E-state index >= 15 is 0 Å². The van der Waals surface area contributed by atoms with Gasteiger partial charge >= 0.3 is 0 Å². The number of aromatic nitrogens is 5. The average Bonchev–Trinajstić information content (AvgIpc) is 3.41. The quantitative estimate of drug-likeness (QED) is 0.327. The van der Waals surface area contributed by atoms with Crippen molar-refractivity contribution in [2.24, 2.45) is 0 Å². The number of methoxy groups -OCH3 is 2. The van der Waals surface area contributed by atoms with Gasteiger partial charge in [-0.1, -0.05) is 29.8 Å². The Morgan fingerprint density at radius 3 is 2.63 bits per heavy atom. The van der Waals surface area contributed by atoms with Crippen LogP contribution in [0.4, 0.5) is 5.95 Å². The molecule has 0 radical (unpaired) electrons. The van der Waals surface area contributed by atoms with Gasteiger partial charge in [-0.3, -0.25) is 14.0 Å². The predicted octanol–water partition coefficient (Wildman–Crippen LogP) is 2.62. The van der Waals surface area contributed by atoms with Crippen molar-refractivity contribution in [2.75, 3.05) is 32.8 Å². The van der Waals surface area contributed by atoms with Crippen molar-refractivity contribution in [1.29, 1.82) is 0 Å². The maximum atomic E-state index is 13.8. The van der Waals surface area contributed by atoms with Crippen LogP contribution in [0.15, 0.2) is 42.1 Å². The molecule has 1 aliphatic heterocycles. The summed E-state index contributed by atoms with van der Waals surface area (Å²) in [5, 5.41) is 6.50. The van der Waals surface area contributed by atoms with Crippen LogP contribution >= 0.6 is 23.2 Å². The Hall–Kier alpha value is -3.87. The number of ether oxygens (including phenoxy) is 3. The maximum absolute atomic E-state index is 13.8. The van der Waals surface area contributed by atoms with E-state index < -0.39 is 5.56 Å². The van der Waals surface area contributed by atoms with E-state index in [1.807, 2.05) is 0 Å². The fourth-order valence-electron chi connectivity index (χ4n) is 4.35. The summed E-state index contributed by atoms with van der Waals surface area (Å²) in [5.41, 5.74) is -0.0433. The number of carbonyl (C=O) groups is 1. The van der Waals surface area contributed by atoms with Gasteiger partial charge in [0.25, 0.3) is 5.56 Å². The molecular formula is C24H23Cl2N7O5. The summed E-state index contributed by atoms with van der Waals surface area (Å²) >= 11 is 13.2. The van der Waals surface area contributed by atoms with Gasteiger partial charge < -0.3 is 24.8 Å². The molecule has 0 aliphatic carbocycles. The van der Waals surface area contributed by atoms with E-state index in [1.54, 1.807) is 10.6 Å². The largest absolute Gasteiger partial charge is 0.495 e. The number of amides is 1. The summed E-state index contributed by atoms with van der Waals surface area (Å²) in [6.45, 7) is 4.34. The monoisotopic (exact) mass is 559 g/mol. The second-order valence-electron chi connectivity index (χ2n) is 8.36. The Bertz CT molecular complexity index is 1590. The molecule has 198 valence electrons. The molecule has 2 atom stereocenters. The lowest BCUT2D eigenvalue weighted by Gasteiger charge is -2.32. The third-order valence-corrected chi connectivity index (χ3v) is 6.94. The molecule has 1 saturated heterocycles. The molecule has 1 fully saturated rings. The smallest absolute Gasteiger partial charge is 0.270 e. The molecule has 2 N–H and O–H groups in total. The van der Waals surface area contributed by atoms with Crippen molar-refractivity contribution in [3.05, 3.63) is 57.7 Å². The number of imidazole rings is 1. The van der Waals surface area contributed by atoms with Crippen molar-refractivity contribution in [3.63, 3.8) is 0 Å². The number of nitrogens with zero attached hydrogens (tertiary/aromatic N) is 5. The molecule has 3 aromatic heterocycles. The van der Waals surface area contributed by atoms with Crippen LogP contribution in [0.1, 0.15) is 6.42 Å². The molecule has 12 nitrogen and oxygen atoms in total. The van der Waals surface area contributed by atoms with Gasteiger partial charge in [-0.25, -0.2) is 14.5 Å². The summed E-state index contributed by atoms with van der Waals surface area (Å²) < 4.78 is 19.2. The summed E-state index contributed by atoms with van der Waals surface area (Å²) in [7, 11) is 2.89. The standard InChI is InChI=1S/C24H23Cl2N7O5/c1-4-17(34)29-13-5-8-38-11-14(13)30-23-28-10-12-21(31-23)32-7-6-27-24(32)33(22(12)35)20-18(25)15(36-2)9-16(37-3)19(20)26/h4,6-7,9-10,13-14H,1,5,8,11H2,2-3H3,(H,29,34)(H,28,30,31)/t13-,14+/m0/s1. The first-order chi connectivity index (χ1) is 18.4. The Kier molecular flexibility index (Phi) is 7.11. The zero-order valence-corrected chi connectivity index (χ0v) is 21.9. The van der Waals surface area contributed by atoms with E-state index in [-0.39, 0.29) is 62.3 Å². The molecule has 14 heteroatoms. The van der Waals surface area contributed by atoms with Gasteiger partial charge in [0.2, 0.25) is 17.6 Å². The van der Waals surface area contributed by atoms with Crippen molar-refractivity contribution < 1.29 is 19.0 Å². The van der Waals surface area contributed by atoms with Gasteiger partial charge in [0.1, 0.15) is 26.9 Å². The van der Waals surface area contributed by atoms with Crippen LogP contribution < -0.4 is 25.7 Å². The molecular weight excluding hydrogens is 537 g/mol. The highest BCUT2D eigenvalue weighted by atomic mass is 35.5. The van der Waals surface area contributed by atoms with Crippen LogP contribution in [-0.4, -0.2) is 69.3 Å². The van der Waals surface area contributed by atoms with Gasteiger partial charge in [-0.2, -0.15) is 4.98 Å². The first-order valence-electron chi connectivity index (χ1n) is 11.5. The molecule has 0 unspecified atom stereocenters. The normalized spacial score (nSPS) is 17.4. The molecule has 4 heterocycles. The second-order valence-corrected chi connectivity index (χ2v) is 9.12. The van der Waals surface area contributed by atoms with Crippen LogP contribution in [-0.2, 0) is 9.53 Å². The molecule has 1 aliphatic rings. The van der Waals surface area contributed by atoms with Crippen LogP contribution in [0.2, 0.25) is 10.0 Å². The third-order valence-electron chi connectivity index (χ3n) is 6.21. The minimum absolute atomic E-state index is 0.105. The summed E-state index contributed by atoms with van der Waals surface area (Å²) in [5.74, 6) is 0.710. The van der Waals surface area contributed by atoms with Crippen LogP contribution in [0.5, 0.6) is 11.5 Å². The highest BCUT2D eigenvalue weighted by molar-refractivity contribution is 6.39. The molecule has 1 amide bonds. The Morgan fingerprint density at radius 1 is 1.21 bits per heavy atom. The molecule has 0 bridgehead atoms. The number of anilines is 1. The number of nitrogens with one attached hydrogen (secondary N) is 2. The summed E-state index contributed by atoms with van der Waals surface area (Å²) in [6, 6.07) is 1.01. The summed E-state index contributed by atoms with van der Waals surface area (Å²) in [6.07, 6.45) is 6.40. The van der Waals surface area contributed by atoms with Crippen LogP contribution in [0.3, 0.4) is 0 Å². The second kappa shape index (κ2) is 10.5. The lowest BCUT2D eigenvalue weighted by atomic mass is 10.0. The molecule has 5 rings (SSSR count). The molecule has 0 spiro atoms. The van der Waals surface area contributed by atoms with Gasteiger partial charge in [0.05, 0.1) is 38.6 Å². The summed E-state index contributed by atoms with van der Waals surface area (Å²) in [4.78, 5) is 39.0. The van der Waals surface area contributed by atoms with Crippen LogP contribution in [0, 0.1) is 0 Å². The van der Waals surface area contributed by atoms with E-state index in [0.717, 1.165) is 0 Å². The molecule has 0 saturated carbocycles. The van der Waals surface area contributed by atoms with Crippen molar-refractivity contribution >= 4 is 51.9 Å². The number of rotatable bonds is 7. The van der Waals surface area contributed by atoms with Gasteiger partial charge in [-0.15, -0.1) is 0 Å². The maximum Gasteiger partial charge on any atom is 0.270 e. The number of halogens is 2. The fraction of sp³-hybridized carbons (Fsp3) is 0.292. The van der Waals surface area contributed by atoms with E-state index in [9.17, 15) is 9.59 Å². The number of fused-ring (bicyclic) bond motifs is 3. The zero-order valence-electron chi connectivity index (χ0n) is 20.4. The van der Waals surface area contributed by atoms with E-state index in [0.29, 0.717) is 25.3 Å². The fourth-order valence-corrected chi connectivity index (χ4v) is 5.02. The minimum atomic E-state index is -0.499. The number of benzene rings is 1. The Morgan fingerprint density at radius 2 is 1.95 bits per heavy atom. The number of hydrogen-bond acceptors (Lipinski definition) is 9. The molecule has 4 aromatic rings.